The molecule has 1 rings (SSSR count). The maximum atomic E-state index is 3.65. The van der Waals surface area contributed by atoms with E-state index in [1.807, 2.05) is 0 Å². The SMILES string of the molecule is CC(C)C(CBr)CN1CCN(CCN(C)C)CC1. The summed E-state index contributed by atoms with van der Waals surface area (Å²) in [7, 11) is 4.30. The largest absolute Gasteiger partial charge is 0.308 e. The lowest BCUT2D eigenvalue weighted by atomic mass is 9.97. The molecule has 0 bridgehead atoms. The van der Waals surface area contributed by atoms with Gasteiger partial charge in [0.05, 0.1) is 0 Å². The number of alkyl halides is 1. The van der Waals surface area contributed by atoms with Crippen molar-refractivity contribution < 1.29 is 0 Å². The van der Waals surface area contributed by atoms with Gasteiger partial charge in [-0.1, -0.05) is 29.8 Å². The Bertz CT molecular complexity index is 213. The highest BCUT2D eigenvalue weighted by molar-refractivity contribution is 9.09. The van der Waals surface area contributed by atoms with Crippen molar-refractivity contribution in [2.75, 3.05) is 65.2 Å². The smallest absolute Gasteiger partial charge is 0.0110 e. The van der Waals surface area contributed by atoms with Crippen LogP contribution in [0.3, 0.4) is 0 Å². The minimum Gasteiger partial charge on any atom is -0.308 e. The van der Waals surface area contributed by atoms with Gasteiger partial charge in [0.1, 0.15) is 0 Å². The summed E-state index contributed by atoms with van der Waals surface area (Å²) in [5.74, 6) is 1.56. The van der Waals surface area contributed by atoms with Crippen molar-refractivity contribution in [3.63, 3.8) is 0 Å². The average molecular weight is 320 g/mol. The molecule has 0 amide bonds. The molecule has 0 aromatic heterocycles. The van der Waals surface area contributed by atoms with E-state index in [1.54, 1.807) is 0 Å². The van der Waals surface area contributed by atoms with Crippen molar-refractivity contribution in [3.8, 4) is 0 Å². The van der Waals surface area contributed by atoms with Crippen LogP contribution in [0.15, 0.2) is 0 Å². The molecule has 1 fully saturated rings. The number of hydrogen-bond acceptors (Lipinski definition) is 3. The molecule has 0 aromatic rings. The van der Waals surface area contributed by atoms with Gasteiger partial charge in [-0.25, -0.2) is 0 Å². The molecule has 0 saturated carbocycles. The predicted octanol–water partition coefficient (Wildman–Crippen LogP) is 1.83. The highest BCUT2D eigenvalue weighted by atomic mass is 79.9. The minimum absolute atomic E-state index is 0.774. The normalized spacial score (nSPS) is 20.8. The maximum absolute atomic E-state index is 3.65. The molecule has 1 aliphatic rings. The molecule has 1 saturated heterocycles. The zero-order valence-electron chi connectivity index (χ0n) is 12.5. The van der Waals surface area contributed by atoms with Crippen molar-refractivity contribution >= 4 is 15.9 Å². The summed E-state index contributed by atoms with van der Waals surface area (Å²) in [6, 6.07) is 0. The van der Waals surface area contributed by atoms with E-state index in [2.05, 4.69) is 58.6 Å². The number of likely N-dealkylation sites (N-methyl/N-ethyl adjacent to an activating group) is 1. The molecular weight excluding hydrogens is 290 g/mol. The summed E-state index contributed by atoms with van der Waals surface area (Å²) in [5, 5.41) is 1.13. The Morgan fingerprint density at radius 1 is 1.06 bits per heavy atom. The van der Waals surface area contributed by atoms with Crippen LogP contribution in [0.5, 0.6) is 0 Å². The molecule has 108 valence electrons. The molecule has 0 radical (unpaired) electrons. The number of rotatable bonds is 7. The van der Waals surface area contributed by atoms with E-state index in [-0.39, 0.29) is 0 Å². The molecule has 1 atom stereocenters. The molecule has 18 heavy (non-hydrogen) atoms. The van der Waals surface area contributed by atoms with Gasteiger partial charge in [0.15, 0.2) is 0 Å². The summed E-state index contributed by atoms with van der Waals surface area (Å²) >= 11 is 3.65. The fourth-order valence-electron chi connectivity index (χ4n) is 2.31. The quantitative estimate of drug-likeness (QED) is 0.663. The van der Waals surface area contributed by atoms with Crippen LogP contribution in [0.25, 0.3) is 0 Å². The molecule has 3 nitrogen and oxygen atoms in total. The van der Waals surface area contributed by atoms with E-state index in [0.29, 0.717) is 0 Å². The van der Waals surface area contributed by atoms with Crippen LogP contribution in [-0.4, -0.2) is 79.9 Å². The van der Waals surface area contributed by atoms with Crippen molar-refractivity contribution in [2.45, 2.75) is 13.8 Å². The van der Waals surface area contributed by atoms with E-state index in [4.69, 9.17) is 0 Å². The van der Waals surface area contributed by atoms with Crippen LogP contribution in [0.2, 0.25) is 0 Å². The summed E-state index contributed by atoms with van der Waals surface area (Å²) in [5.41, 5.74) is 0. The van der Waals surface area contributed by atoms with Gasteiger partial charge in [0.25, 0.3) is 0 Å². The third-order valence-corrected chi connectivity index (χ3v) is 4.79. The van der Waals surface area contributed by atoms with Gasteiger partial charge in [-0.3, -0.25) is 4.90 Å². The molecule has 4 heteroatoms. The zero-order valence-corrected chi connectivity index (χ0v) is 14.1. The zero-order chi connectivity index (χ0) is 13.5. The highest BCUT2D eigenvalue weighted by Gasteiger charge is 2.21. The Morgan fingerprint density at radius 3 is 2.06 bits per heavy atom. The van der Waals surface area contributed by atoms with E-state index in [1.165, 1.54) is 45.8 Å². The van der Waals surface area contributed by atoms with Crippen LogP contribution in [0.4, 0.5) is 0 Å². The molecule has 0 N–H and O–H groups in total. The standard InChI is InChI=1S/C14H30BrN3/c1-13(2)14(11-15)12-18-9-7-17(8-10-18)6-5-16(3)4/h13-14H,5-12H2,1-4H3. The summed E-state index contributed by atoms with van der Waals surface area (Å²) in [4.78, 5) is 7.50. The van der Waals surface area contributed by atoms with Gasteiger partial charge >= 0.3 is 0 Å². The minimum atomic E-state index is 0.774. The van der Waals surface area contributed by atoms with E-state index >= 15 is 0 Å². The number of hydrogen-bond donors (Lipinski definition) is 0. The fraction of sp³-hybridized carbons (Fsp3) is 1.00. The molecular formula is C14H30BrN3. The second-order valence-corrected chi connectivity index (χ2v) is 6.75. The first-order valence-corrected chi connectivity index (χ1v) is 8.30. The third-order valence-electron chi connectivity index (χ3n) is 3.96. The topological polar surface area (TPSA) is 9.72 Å². The van der Waals surface area contributed by atoms with Gasteiger partial charge in [0.2, 0.25) is 0 Å². The lowest BCUT2D eigenvalue weighted by Crippen LogP contribution is -2.49. The monoisotopic (exact) mass is 319 g/mol. The Labute approximate surface area is 122 Å². The average Bonchev–Trinajstić information content (AvgIpc) is 2.34. The Hall–Kier alpha value is 0.360. The molecule has 0 aliphatic carbocycles. The van der Waals surface area contributed by atoms with Crippen molar-refractivity contribution in [1.29, 1.82) is 0 Å². The van der Waals surface area contributed by atoms with E-state index in [0.717, 1.165) is 17.2 Å². The van der Waals surface area contributed by atoms with E-state index in [9.17, 15) is 0 Å². The van der Waals surface area contributed by atoms with E-state index < -0.39 is 0 Å². The maximum Gasteiger partial charge on any atom is 0.0110 e. The van der Waals surface area contributed by atoms with Gasteiger partial charge in [-0.2, -0.15) is 0 Å². The van der Waals surface area contributed by atoms with Crippen LogP contribution in [-0.2, 0) is 0 Å². The molecule has 0 spiro atoms. The molecule has 1 unspecified atom stereocenters. The van der Waals surface area contributed by atoms with Gasteiger partial charge in [0, 0.05) is 51.1 Å². The highest BCUT2D eigenvalue weighted by Crippen LogP contribution is 2.16. The van der Waals surface area contributed by atoms with Crippen LogP contribution >= 0.6 is 15.9 Å². The van der Waals surface area contributed by atoms with Gasteiger partial charge < -0.3 is 9.80 Å². The van der Waals surface area contributed by atoms with Gasteiger partial charge in [-0.05, 0) is 25.9 Å². The second-order valence-electron chi connectivity index (χ2n) is 6.10. The van der Waals surface area contributed by atoms with Crippen LogP contribution < -0.4 is 0 Å². The Morgan fingerprint density at radius 2 is 1.61 bits per heavy atom. The first-order valence-electron chi connectivity index (χ1n) is 7.18. The Balaban J connectivity index is 2.22. The van der Waals surface area contributed by atoms with Crippen molar-refractivity contribution in [2.24, 2.45) is 11.8 Å². The molecule has 1 heterocycles. The number of piperazine rings is 1. The lowest BCUT2D eigenvalue weighted by molar-refractivity contribution is 0.108. The summed E-state index contributed by atoms with van der Waals surface area (Å²) in [6.07, 6.45) is 0. The van der Waals surface area contributed by atoms with Crippen molar-refractivity contribution in [3.05, 3.63) is 0 Å². The lowest BCUT2D eigenvalue weighted by Gasteiger charge is -2.37. The van der Waals surface area contributed by atoms with Gasteiger partial charge in [-0.15, -0.1) is 0 Å². The molecule has 1 aliphatic heterocycles. The van der Waals surface area contributed by atoms with Crippen molar-refractivity contribution in [1.82, 2.24) is 14.7 Å². The van der Waals surface area contributed by atoms with Crippen LogP contribution in [0, 0.1) is 11.8 Å². The van der Waals surface area contributed by atoms with Crippen LogP contribution in [0.1, 0.15) is 13.8 Å². The Kier molecular flexibility index (Phi) is 7.76. The number of halogens is 1. The summed E-state index contributed by atoms with van der Waals surface area (Å²) in [6.45, 7) is 13.3. The third kappa shape index (κ3) is 6.00. The summed E-state index contributed by atoms with van der Waals surface area (Å²) < 4.78 is 0. The number of nitrogens with zero attached hydrogens (tertiary/aromatic N) is 3. The first-order chi connectivity index (χ1) is 8.52. The second kappa shape index (κ2) is 8.51. The fourth-order valence-corrected chi connectivity index (χ4v) is 3.26. The predicted molar refractivity (Wildman–Crippen MR) is 83.6 cm³/mol. The molecule has 0 aromatic carbocycles. The first kappa shape index (κ1) is 16.4.